The lowest BCUT2D eigenvalue weighted by Gasteiger charge is -2.22. The zero-order valence-corrected chi connectivity index (χ0v) is 18.6. The normalized spacial score (nSPS) is 21.6. The topological polar surface area (TPSA) is 136 Å². The van der Waals surface area contributed by atoms with Crippen LogP contribution in [0.1, 0.15) is 16.9 Å². The van der Waals surface area contributed by atoms with Gasteiger partial charge < -0.3 is 14.7 Å². The second-order valence-electron chi connectivity index (χ2n) is 8.08. The summed E-state index contributed by atoms with van der Waals surface area (Å²) in [7, 11) is 0. The first kappa shape index (κ1) is 22.1. The Morgan fingerprint density at radius 2 is 1.94 bits per heavy atom. The summed E-state index contributed by atoms with van der Waals surface area (Å²) in [5.41, 5.74) is 0.248. The van der Waals surface area contributed by atoms with Crippen LogP contribution in [-0.4, -0.2) is 50.9 Å². The van der Waals surface area contributed by atoms with E-state index in [0.717, 1.165) is 15.4 Å². The highest BCUT2D eigenvalue weighted by atomic mass is 35.5. The molecule has 0 aliphatic carbocycles. The zero-order chi connectivity index (χ0) is 24.2. The van der Waals surface area contributed by atoms with Gasteiger partial charge in [0.15, 0.2) is 6.35 Å². The number of carbonyl (C=O) groups excluding carboxylic acids is 2. The number of hydrogen-bond acceptors (Lipinski definition) is 7. The van der Waals surface area contributed by atoms with Crippen LogP contribution in [0.3, 0.4) is 0 Å². The molecule has 34 heavy (non-hydrogen) atoms. The van der Waals surface area contributed by atoms with Crippen LogP contribution in [0.2, 0.25) is 5.02 Å². The van der Waals surface area contributed by atoms with E-state index in [9.17, 15) is 24.6 Å². The summed E-state index contributed by atoms with van der Waals surface area (Å²) in [5, 5.41) is 27.2. The number of anilines is 1. The number of carboxylic acid groups (broad SMARTS) is 1. The van der Waals surface area contributed by atoms with Gasteiger partial charge in [0.1, 0.15) is 18.0 Å². The van der Waals surface area contributed by atoms with Crippen molar-refractivity contribution in [3.8, 4) is 11.3 Å². The van der Waals surface area contributed by atoms with Gasteiger partial charge in [-0.1, -0.05) is 47.1 Å². The smallest absolute Gasteiger partial charge is 0.323 e. The van der Waals surface area contributed by atoms with Gasteiger partial charge >= 0.3 is 5.97 Å². The third-order valence-corrected chi connectivity index (χ3v) is 6.33. The minimum absolute atomic E-state index is 0.101. The molecule has 2 atom stereocenters. The number of nitrogens with one attached hydrogen (secondary N) is 1. The lowest BCUT2D eigenvalue weighted by molar-refractivity contribution is -0.142. The molecule has 0 bridgehead atoms. The Hall–Kier alpha value is -3.73. The molecule has 3 aromatic rings. The number of benzene rings is 2. The predicted octanol–water partition coefficient (Wildman–Crippen LogP) is 1.84. The average molecular weight is 483 g/mol. The fourth-order valence-corrected chi connectivity index (χ4v) is 4.67. The van der Waals surface area contributed by atoms with Crippen molar-refractivity contribution in [2.45, 2.75) is 25.4 Å². The second kappa shape index (κ2) is 7.94. The second-order valence-corrected chi connectivity index (χ2v) is 8.52. The van der Waals surface area contributed by atoms with Crippen LogP contribution in [-0.2, 0) is 26.5 Å². The number of aliphatic hydroxyl groups is 1. The number of aromatic nitrogens is 1. The Morgan fingerprint density at radius 1 is 1.21 bits per heavy atom. The molecule has 1 fully saturated rings. The standard InChI is InChI=1S/C23H19ClN4O6/c1-12-15(19(26-34-12)13-5-3-2-4-6-13)10-28-21(32)23(25-22(28)33)16-9-14(24)7-8-17(16)27(20(23)31)11-18(29)30/h2-9,22,25,33H,10-11H2,1H3,(H,29,30). The average Bonchev–Trinajstić information content (AvgIpc) is 3.37. The molecule has 5 rings (SSSR count). The van der Waals surface area contributed by atoms with Crippen molar-refractivity contribution in [3.63, 3.8) is 0 Å². The fourth-order valence-electron chi connectivity index (χ4n) is 4.50. The minimum atomic E-state index is -2.01. The Bertz CT molecular complexity index is 1330. The highest BCUT2D eigenvalue weighted by Crippen LogP contribution is 2.46. The number of halogens is 1. The molecule has 2 amide bonds. The summed E-state index contributed by atoms with van der Waals surface area (Å²) >= 11 is 6.15. The third kappa shape index (κ3) is 3.18. The van der Waals surface area contributed by atoms with Crippen LogP contribution in [0.25, 0.3) is 11.3 Å². The summed E-state index contributed by atoms with van der Waals surface area (Å²) in [5.74, 6) is -2.33. The van der Waals surface area contributed by atoms with Gasteiger partial charge in [-0.15, -0.1) is 0 Å². The van der Waals surface area contributed by atoms with E-state index < -0.39 is 36.2 Å². The summed E-state index contributed by atoms with van der Waals surface area (Å²) in [6.07, 6.45) is -1.54. The van der Waals surface area contributed by atoms with Gasteiger partial charge in [0.25, 0.3) is 11.8 Å². The number of nitrogens with zero attached hydrogens (tertiary/aromatic N) is 3. The van der Waals surface area contributed by atoms with Crippen molar-refractivity contribution < 1.29 is 29.1 Å². The van der Waals surface area contributed by atoms with Gasteiger partial charge in [0, 0.05) is 21.7 Å². The molecule has 0 radical (unpaired) electrons. The molecule has 11 heteroatoms. The lowest BCUT2D eigenvalue weighted by Crippen LogP contribution is -2.53. The summed E-state index contributed by atoms with van der Waals surface area (Å²) < 4.78 is 5.35. The summed E-state index contributed by atoms with van der Waals surface area (Å²) in [6.45, 7) is 0.939. The molecule has 0 saturated carbocycles. The molecule has 2 unspecified atom stereocenters. The molecule has 1 spiro atoms. The first-order chi connectivity index (χ1) is 16.2. The molecule has 3 N–H and O–H groups in total. The molecule has 1 aromatic heterocycles. The van der Waals surface area contributed by atoms with E-state index in [-0.39, 0.29) is 22.8 Å². The minimum Gasteiger partial charge on any atom is -0.480 e. The number of rotatable bonds is 5. The molecular formula is C23H19ClN4O6. The number of fused-ring (bicyclic) bond motifs is 2. The van der Waals surface area contributed by atoms with Crippen molar-refractivity contribution >= 4 is 35.1 Å². The van der Waals surface area contributed by atoms with Crippen LogP contribution in [0.4, 0.5) is 5.69 Å². The molecule has 2 aliphatic rings. The predicted molar refractivity (Wildman–Crippen MR) is 119 cm³/mol. The number of aliphatic hydroxyl groups excluding tert-OH is 1. The summed E-state index contributed by atoms with van der Waals surface area (Å²) in [6, 6.07) is 13.6. The Morgan fingerprint density at radius 3 is 2.65 bits per heavy atom. The Kier molecular flexibility index (Phi) is 5.16. The third-order valence-electron chi connectivity index (χ3n) is 6.10. The van der Waals surface area contributed by atoms with Crippen molar-refractivity contribution in [2.75, 3.05) is 11.4 Å². The molecule has 174 valence electrons. The number of amides is 2. The quantitative estimate of drug-likeness (QED) is 0.469. The SMILES string of the molecule is Cc1onc(-c2ccccc2)c1CN1C(=O)C2(NC1O)C(=O)N(CC(=O)O)c1ccc(Cl)cc12. The van der Waals surface area contributed by atoms with E-state index >= 15 is 0 Å². The van der Waals surface area contributed by atoms with E-state index in [1.807, 2.05) is 30.3 Å². The van der Waals surface area contributed by atoms with Gasteiger partial charge in [0.05, 0.1) is 12.2 Å². The zero-order valence-electron chi connectivity index (χ0n) is 17.9. The molecule has 10 nitrogen and oxygen atoms in total. The Labute approximate surface area is 198 Å². The van der Waals surface area contributed by atoms with E-state index in [1.54, 1.807) is 6.92 Å². The number of aryl methyl sites for hydroxylation is 1. The van der Waals surface area contributed by atoms with Crippen molar-refractivity contribution in [2.24, 2.45) is 0 Å². The molecular weight excluding hydrogens is 464 g/mol. The van der Waals surface area contributed by atoms with Gasteiger partial charge in [-0.2, -0.15) is 0 Å². The van der Waals surface area contributed by atoms with Gasteiger partial charge in [0.2, 0.25) is 5.54 Å². The van der Waals surface area contributed by atoms with Gasteiger partial charge in [-0.05, 0) is 25.1 Å². The van der Waals surface area contributed by atoms with Crippen LogP contribution in [0.5, 0.6) is 0 Å². The lowest BCUT2D eigenvalue weighted by atomic mass is 9.91. The molecule has 2 aliphatic heterocycles. The van der Waals surface area contributed by atoms with Crippen molar-refractivity contribution in [3.05, 3.63) is 70.4 Å². The first-order valence-corrected chi connectivity index (χ1v) is 10.7. The van der Waals surface area contributed by atoms with Crippen LogP contribution in [0.15, 0.2) is 53.1 Å². The number of hydrogen-bond donors (Lipinski definition) is 3. The molecule has 2 aromatic carbocycles. The van der Waals surface area contributed by atoms with Crippen molar-refractivity contribution in [1.82, 2.24) is 15.4 Å². The first-order valence-electron chi connectivity index (χ1n) is 10.3. The maximum absolute atomic E-state index is 13.8. The highest BCUT2D eigenvalue weighted by molar-refractivity contribution is 6.31. The Balaban J connectivity index is 1.56. The maximum atomic E-state index is 13.8. The number of carbonyl (C=O) groups is 3. The van der Waals surface area contributed by atoms with Crippen LogP contribution < -0.4 is 10.2 Å². The number of carboxylic acids is 1. The largest absolute Gasteiger partial charge is 0.480 e. The van der Waals surface area contributed by atoms with Crippen molar-refractivity contribution in [1.29, 1.82) is 0 Å². The van der Waals surface area contributed by atoms with Gasteiger partial charge in [-0.3, -0.25) is 24.2 Å². The van der Waals surface area contributed by atoms with Gasteiger partial charge in [-0.25, -0.2) is 5.32 Å². The molecule has 3 heterocycles. The monoisotopic (exact) mass is 482 g/mol. The van der Waals surface area contributed by atoms with E-state index in [2.05, 4.69) is 10.5 Å². The van der Waals surface area contributed by atoms with Crippen LogP contribution >= 0.6 is 11.6 Å². The summed E-state index contributed by atoms with van der Waals surface area (Å²) in [4.78, 5) is 40.7. The molecule has 1 saturated heterocycles. The highest BCUT2D eigenvalue weighted by Gasteiger charge is 2.63. The van der Waals surface area contributed by atoms with E-state index in [1.165, 1.54) is 18.2 Å². The van der Waals surface area contributed by atoms with Crippen LogP contribution in [0, 0.1) is 6.92 Å². The van der Waals surface area contributed by atoms with E-state index in [4.69, 9.17) is 16.1 Å². The maximum Gasteiger partial charge on any atom is 0.323 e. The van der Waals surface area contributed by atoms with E-state index in [0.29, 0.717) is 17.0 Å². The fraction of sp³-hybridized carbons (Fsp3) is 0.217. The number of aliphatic carboxylic acids is 1.